The summed E-state index contributed by atoms with van der Waals surface area (Å²) in [5.41, 5.74) is 1.82. The second-order valence-electron chi connectivity index (χ2n) is 10.3. The fourth-order valence-electron chi connectivity index (χ4n) is 3.71. The van der Waals surface area contributed by atoms with Crippen molar-refractivity contribution in [2.45, 2.75) is 39.0 Å². The molecule has 2 aromatic rings. The molecule has 1 saturated heterocycles. The highest BCUT2D eigenvalue weighted by Crippen LogP contribution is 2.29. The van der Waals surface area contributed by atoms with Gasteiger partial charge in [0.2, 0.25) is 6.41 Å². The molecule has 4 rings (SSSR count). The third-order valence-corrected chi connectivity index (χ3v) is 6.55. The van der Waals surface area contributed by atoms with Gasteiger partial charge in [-0.1, -0.05) is 23.7 Å². The molecule has 0 atom stereocenters. The fraction of sp³-hybridized carbons (Fsp3) is 0.483. The molecule has 2 fully saturated rings. The summed E-state index contributed by atoms with van der Waals surface area (Å²) in [5.74, 6) is 1.29. The minimum Gasteiger partial charge on any atom is -0.493 e. The van der Waals surface area contributed by atoms with Crippen molar-refractivity contribution in [3.8, 4) is 5.75 Å². The average Bonchev–Trinajstić information content (AvgIpc) is 3.77. The van der Waals surface area contributed by atoms with E-state index in [9.17, 15) is 9.59 Å². The molecule has 0 bridgehead atoms. The molecule has 1 heterocycles. The van der Waals surface area contributed by atoms with Gasteiger partial charge in [-0.2, -0.15) is 0 Å². The highest BCUT2D eigenvalue weighted by Gasteiger charge is 2.29. The lowest BCUT2D eigenvalue weighted by Crippen LogP contribution is -2.48. The van der Waals surface area contributed by atoms with Gasteiger partial charge in [0.25, 0.3) is 0 Å². The van der Waals surface area contributed by atoms with Crippen molar-refractivity contribution in [2.24, 2.45) is 16.8 Å². The summed E-state index contributed by atoms with van der Waals surface area (Å²) in [4.78, 5) is 30.3. The summed E-state index contributed by atoms with van der Waals surface area (Å²) in [6.45, 7) is 10.2. The van der Waals surface area contributed by atoms with Gasteiger partial charge in [0, 0.05) is 31.1 Å². The first-order chi connectivity index (χ1) is 18.7. The molecule has 212 valence electrons. The number of nitrogens with one attached hydrogen (secondary N) is 1. The molecular weight excluding hydrogens is 520 g/mol. The highest BCUT2D eigenvalue weighted by molar-refractivity contribution is 6.30. The monoisotopic (exact) mass is 558 g/mol. The lowest BCUT2D eigenvalue weighted by atomic mass is 10.1. The van der Waals surface area contributed by atoms with Gasteiger partial charge in [-0.05, 0) is 81.3 Å². The highest BCUT2D eigenvalue weighted by atomic mass is 35.5. The minimum atomic E-state index is -0.566. The van der Waals surface area contributed by atoms with Crippen LogP contribution in [0.1, 0.15) is 32.3 Å². The Labute approximate surface area is 236 Å². The third-order valence-electron chi connectivity index (χ3n) is 6.30. The standard InChI is InChI=1S/C18H26ClN3O4.C11H13NO/c1-18(2)25-10-15(11-26-18)8-21(3)17(24)20-12-22(13-23)9-14-4-6-16(19)7-5-14;1-12-10-4-6-11(7-5-10)13-8-9-2-3-9/h4-7,13,15H,8-12H2,1-3H3,(H,20,24);4-7,9H,1-3,8H2. The van der Waals surface area contributed by atoms with Gasteiger partial charge in [-0.15, -0.1) is 0 Å². The number of hydrogen-bond donors (Lipinski definition) is 1. The predicted octanol–water partition coefficient (Wildman–Crippen LogP) is 5.10. The van der Waals surface area contributed by atoms with Crippen LogP contribution in [0, 0.1) is 11.8 Å². The number of nitrogens with zero attached hydrogens (tertiary/aromatic N) is 3. The van der Waals surface area contributed by atoms with E-state index in [4.69, 9.17) is 25.8 Å². The van der Waals surface area contributed by atoms with Crippen molar-refractivity contribution in [3.05, 3.63) is 59.1 Å². The van der Waals surface area contributed by atoms with Crippen LogP contribution in [-0.4, -0.2) is 74.8 Å². The largest absolute Gasteiger partial charge is 0.493 e. The molecular formula is C29H39ClN4O5. The molecule has 3 amide bonds. The molecule has 0 spiro atoms. The van der Waals surface area contributed by atoms with Crippen molar-refractivity contribution >= 4 is 36.4 Å². The number of urea groups is 1. The maximum absolute atomic E-state index is 12.2. The molecule has 9 nitrogen and oxygen atoms in total. The molecule has 39 heavy (non-hydrogen) atoms. The van der Waals surface area contributed by atoms with E-state index in [-0.39, 0.29) is 18.6 Å². The normalized spacial score (nSPS) is 16.3. The SMILES string of the molecule is C=Nc1ccc(OCC2CC2)cc1.CN(CC1COC(C)(C)OC1)C(=O)NCN(C=O)Cc1ccc(Cl)cc1. The van der Waals surface area contributed by atoms with Crippen LogP contribution in [-0.2, 0) is 20.8 Å². The van der Waals surface area contributed by atoms with Crippen molar-refractivity contribution in [1.82, 2.24) is 15.1 Å². The van der Waals surface area contributed by atoms with E-state index in [0.29, 0.717) is 37.7 Å². The fourth-order valence-corrected chi connectivity index (χ4v) is 3.83. The zero-order chi connectivity index (χ0) is 28.3. The van der Waals surface area contributed by atoms with Gasteiger partial charge >= 0.3 is 6.03 Å². The number of rotatable bonds is 11. The zero-order valence-electron chi connectivity index (χ0n) is 23.0. The van der Waals surface area contributed by atoms with E-state index >= 15 is 0 Å². The van der Waals surface area contributed by atoms with Gasteiger partial charge < -0.3 is 29.3 Å². The van der Waals surface area contributed by atoms with E-state index in [1.807, 2.05) is 50.2 Å². The first-order valence-electron chi connectivity index (χ1n) is 13.1. The maximum atomic E-state index is 12.2. The molecule has 0 unspecified atom stereocenters. The summed E-state index contributed by atoms with van der Waals surface area (Å²) in [6.07, 6.45) is 3.36. The van der Waals surface area contributed by atoms with Gasteiger partial charge in [0.05, 0.1) is 32.2 Å². The van der Waals surface area contributed by atoms with Crippen molar-refractivity contribution in [3.63, 3.8) is 0 Å². The van der Waals surface area contributed by atoms with Crippen LogP contribution in [0.15, 0.2) is 53.5 Å². The topological polar surface area (TPSA) is 92.7 Å². The molecule has 10 heteroatoms. The van der Waals surface area contributed by atoms with Crippen LogP contribution in [0.2, 0.25) is 5.02 Å². The number of carbonyl (C=O) groups excluding carboxylic acids is 2. The molecule has 1 N–H and O–H groups in total. The van der Waals surface area contributed by atoms with Crippen LogP contribution >= 0.6 is 11.6 Å². The lowest BCUT2D eigenvalue weighted by molar-refractivity contribution is -0.262. The number of ether oxygens (including phenoxy) is 3. The second kappa shape index (κ2) is 14.9. The Bertz CT molecular complexity index is 1050. The van der Waals surface area contributed by atoms with Gasteiger partial charge in [0.1, 0.15) is 5.75 Å². The number of aliphatic imine (C=N–C) groups is 1. The summed E-state index contributed by atoms with van der Waals surface area (Å²) in [7, 11) is 1.71. The zero-order valence-corrected chi connectivity index (χ0v) is 23.7. The van der Waals surface area contributed by atoms with Crippen molar-refractivity contribution in [2.75, 3.05) is 40.1 Å². The Morgan fingerprint density at radius 2 is 1.77 bits per heavy atom. The average molecular weight is 559 g/mol. The number of amides is 3. The van der Waals surface area contributed by atoms with E-state index in [1.165, 1.54) is 17.7 Å². The molecule has 0 aromatic heterocycles. The quantitative estimate of drug-likeness (QED) is 0.235. The molecule has 1 aliphatic heterocycles. The summed E-state index contributed by atoms with van der Waals surface area (Å²) < 4.78 is 16.8. The Hall–Kier alpha value is -3.14. The number of halogens is 1. The molecule has 2 aliphatic rings. The van der Waals surface area contributed by atoms with E-state index in [2.05, 4.69) is 17.0 Å². The summed E-state index contributed by atoms with van der Waals surface area (Å²) >= 11 is 5.85. The maximum Gasteiger partial charge on any atom is 0.318 e. The van der Waals surface area contributed by atoms with Crippen LogP contribution < -0.4 is 10.1 Å². The second-order valence-corrected chi connectivity index (χ2v) is 10.7. The molecule has 2 aromatic carbocycles. The third kappa shape index (κ3) is 11.2. The van der Waals surface area contributed by atoms with E-state index in [0.717, 1.165) is 29.5 Å². The summed E-state index contributed by atoms with van der Waals surface area (Å²) in [6, 6.07) is 14.7. The van der Waals surface area contributed by atoms with Crippen molar-refractivity contribution < 1.29 is 23.8 Å². The minimum absolute atomic E-state index is 0.120. The number of benzene rings is 2. The number of carbonyl (C=O) groups is 2. The first kappa shape index (κ1) is 30.4. The Kier molecular flexibility index (Phi) is 11.6. The Morgan fingerprint density at radius 1 is 1.13 bits per heavy atom. The van der Waals surface area contributed by atoms with Gasteiger partial charge in [-0.25, -0.2) is 4.79 Å². The Morgan fingerprint density at radius 3 is 2.33 bits per heavy atom. The number of hydrogen-bond acceptors (Lipinski definition) is 6. The first-order valence-corrected chi connectivity index (χ1v) is 13.5. The molecule has 0 radical (unpaired) electrons. The molecule has 1 aliphatic carbocycles. The van der Waals surface area contributed by atoms with E-state index < -0.39 is 5.79 Å². The lowest BCUT2D eigenvalue weighted by Gasteiger charge is -2.36. The van der Waals surface area contributed by atoms with Crippen LogP contribution in [0.3, 0.4) is 0 Å². The van der Waals surface area contributed by atoms with Gasteiger partial charge in [-0.3, -0.25) is 9.79 Å². The van der Waals surface area contributed by atoms with Crippen LogP contribution in [0.5, 0.6) is 5.75 Å². The van der Waals surface area contributed by atoms with Crippen molar-refractivity contribution in [1.29, 1.82) is 0 Å². The Balaban J connectivity index is 0.000000268. The van der Waals surface area contributed by atoms with Gasteiger partial charge in [0.15, 0.2) is 5.79 Å². The molecule has 1 saturated carbocycles. The van der Waals surface area contributed by atoms with E-state index in [1.54, 1.807) is 24.1 Å². The summed E-state index contributed by atoms with van der Waals surface area (Å²) in [5, 5.41) is 3.38. The predicted molar refractivity (Wildman–Crippen MR) is 152 cm³/mol. The smallest absolute Gasteiger partial charge is 0.318 e. The van der Waals surface area contributed by atoms with Crippen LogP contribution in [0.25, 0.3) is 0 Å². The van der Waals surface area contributed by atoms with Crippen LogP contribution in [0.4, 0.5) is 10.5 Å².